The van der Waals surface area contributed by atoms with Crippen LogP contribution in [0.25, 0.3) is 0 Å². The van der Waals surface area contributed by atoms with Gasteiger partial charge in [-0.2, -0.15) is 0 Å². The third-order valence-corrected chi connectivity index (χ3v) is 3.14. The largest absolute Gasteiger partial charge is 0.415 e. The molecule has 0 bridgehead atoms. The van der Waals surface area contributed by atoms with Crippen LogP contribution in [0.1, 0.15) is 45.7 Å². The molecular weight excluding hydrogens is 238 g/mol. The molecule has 0 aliphatic heterocycles. The summed E-state index contributed by atoms with van der Waals surface area (Å²) in [4.78, 5) is 13.6. The van der Waals surface area contributed by atoms with E-state index >= 15 is 0 Å². The fraction of sp³-hybridized carbons (Fsp3) is 0.562. The molecule has 0 aliphatic rings. The van der Waals surface area contributed by atoms with Crippen molar-refractivity contribution in [2.75, 3.05) is 13.1 Å². The van der Waals surface area contributed by atoms with E-state index in [1.54, 1.807) is 4.90 Å². The molecule has 0 radical (unpaired) electrons. The lowest BCUT2D eigenvalue weighted by Crippen LogP contribution is -2.33. The number of hydrogen-bond acceptors (Lipinski definition) is 2. The molecule has 0 atom stereocenters. The van der Waals surface area contributed by atoms with Crippen molar-refractivity contribution in [2.24, 2.45) is 0 Å². The van der Waals surface area contributed by atoms with Crippen molar-refractivity contribution in [3.8, 4) is 5.75 Å². The summed E-state index contributed by atoms with van der Waals surface area (Å²) in [6, 6.07) is 5.99. The van der Waals surface area contributed by atoms with Crippen LogP contribution in [0.2, 0.25) is 0 Å². The Labute approximate surface area is 116 Å². The summed E-state index contributed by atoms with van der Waals surface area (Å²) in [5.74, 6) is 0.627. The Bertz CT molecular complexity index is 443. The predicted octanol–water partition coefficient (Wildman–Crippen LogP) is 4.13. The lowest BCUT2D eigenvalue weighted by molar-refractivity contribution is 0.157. The van der Waals surface area contributed by atoms with Crippen molar-refractivity contribution >= 4 is 6.09 Å². The van der Waals surface area contributed by atoms with E-state index in [0.717, 1.165) is 5.56 Å². The number of carbonyl (C=O) groups excluding carboxylic acids is 1. The quantitative estimate of drug-likeness (QED) is 0.820. The van der Waals surface area contributed by atoms with E-state index in [0.29, 0.717) is 18.8 Å². The third-order valence-electron chi connectivity index (χ3n) is 3.14. The summed E-state index contributed by atoms with van der Waals surface area (Å²) in [6.45, 7) is 13.7. The lowest BCUT2D eigenvalue weighted by Gasteiger charge is -2.22. The minimum absolute atomic E-state index is 0.0440. The highest BCUT2D eigenvalue weighted by molar-refractivity contribution is 5.70. The zero-order valence-electron chi connectivity index (χ0n) is 12.9. The molecule has 3 nitrogen and oxygen atoms in total. The lowest BCUT2D eigenvalue weighted by atomic mass is 9.86. The van der Waals surface area contributed by atoms with Crippen LogP contribution in [0, 0.1) is 6.92 Å². The number of hydrogen-bond donors (Lipinski definition) is 0. The molecule has 0 saturated heterocycles. The molecular formula is C16H25NO2. The van der Waals surface area contributed by atoms with Crippen LogP contribution in [0.4, 0.5) is 4.79 Å². The molecule has 0 aliphatic carbocycles. The number of amides is 1. The first-order chi connectivity index (χ1) is 8.77. The van der Waals surface area contributed by atoms with Gasteiger partial charge in [-0.15, -0.1) is 0 Å². The summed E-state index contributed by atoms with van der Waals surface area (Å²) >= 11 is 0. The van der Waals surface area contributed by atoms with Crippen molar-refractivity contribution in [1.29, 1.82) is 0 Å². The molecule has 0 unspecified atom stereocenters. The summed E-state index contributed by atoms with van der Waals surface area (Å²) in [7, 11) is 0. The van der Waals surface area contributed by atoms with Crippen LogP contribution >= 0.6 is 0 Å². The van der Waals surface area contributed by atoms with Crippen molar-refractivity contribution in [3.63, 3.8) is 0 Å². The van der Waals surface area contributed by atoms with E-state index in [1.807, 2.05) is 32.9 Å². The molecule has 1 rings (SSSR count). The van der Waals surface area contributed by atoms with Gasteiger partial charge in [-0.05, 0) is 49.4 Å². The molecule has 3 heteroatoms. The Morgan fingerprint density at radius 3 is 2.21 bits per heavy atom. The highest BCUT2D eigenvalue weighted by atomic mass is 16.6. The smallest absolute Gasteiger partial charge is 0.410 e. The number of aryl methyl sites for hydroxylation is 1. The number of benzene rings is 1. The summed E-state index contributed by atoms with van der Waals surface area (Å²) in [5.41, 5.74) is 2.33. The molecule has 0 fully saturated rings. The molecule has 1 aromatic carbocycles. The summed E-state index contributed by atoms with van der Waals surface area (Å²) in [6.07, 6.45) is -0.282. The van der Waals surface area contributed by atoms with Gasteiger partial charge in [0, 0.05) is 13.1 Å². The van der Waals surface area contributed by atoms with Gasteiger partial charge in [0.15, 0.2) is 0 Å². The monoisotopic (exact) mass is 263 g/mol. The maximum Gasteiger partial charge on any atom is 0.415 e. The first kappa shape index (κ1) is 15.5. The Kier molecular flexibility index (Phi) is 4.98. The van der Waals surface area contributed by atoms with Crippen molar-refractivity contribution in [3.05, 3.63) is 29.3 Å². The molecule has 0 aromatic heterocycles. The van der Waals surface area contributed by atoms with Gasteiger partial charge in [-0.25, -0.2) is 4.79 Å². The summed E-state index contributed by atoms with van der Waals surface area (Å²) in [5, 5.41) is 0. The van der Waals surface area contributed by atoms with Crippen LogP contribution < -0.4 is 4.74 Å². The Morgan fingerprint density at radius 1 is 1.16 bits per heavy atom. The zero-order chi connectivity index (χ0) is 14.6. The topological polar surface area (TPSA) is 29.5 Å². The first-order valence-electron chi connectivity index (χ1n) is 6.86. The molecule has 0 N–H and O–H groups in total. The fourth-order valence-corrected chi connectivity index (χ4v) is 1.89. The highest BCUT2D eigenvalue weighted by Gasteiger charge is 2.17. The minimum Gasteiger partial charge on any atom is -0.410 e. The molecule has 1 aromatic rings. The normalized spacial score (nSPS) is 11.3. The maximum atomic E-state index is 12.0. The van der Waals surface area contributed by atoms with Crippen LogP contribution in [0.5, 0.6) is 5.75 Å². The minimum atomic E-state index is -0.282. The van der Waals surface area contributed by atoms with E-state index < -0.39 is 0 Å². The van der Waals surface area contributed by atoms with E-state index in [2.05, 4.69) is 26.8 Å². The molecule has 19 heavy (non-hydrogen) atoms. The predicted molar refractivity (Wildman–Crippen MR) is 78.8 cm³/mol. The van der Waals surface area contributed by atoms with Gasteiger partial charge in [-0.1, -0.05) is 26.8 Å². The Balaban J connectivity index is 2.96. The number of carbonyl (C=O) groups is 1. The SMILES string of the molecule is CCN(CC)C(=O)Oc1cc(C)cc(C(C)(C)C)c1. The highest BCUT2D eigenvalue weighted by Crippen LogP contribution is 2.27. The molecule has 1 amide bonds. The van der Waals surface area contributed by atoms with Crippen molar-refractivity contribution in [1.82, 2.24) is 4.90 Å². The van der Waals surface area contributed by atoms with Gasteiger partial charge in [0.1, 0.15) is 5.75 Å². The van der Waals surface area contributed by atoms with E-state index in [1.165, 1.54) is 5.56 Å². The van der Waals surface area contributed by atoms with Gasteiger partial charge in [0.05, 0.1) is 0 Å². The van der Waals surface area contributed by atoms with E-state index in [4.69, 9.17) is 4.74 Å². The average molecular weight is 263 g/mol. The van der Waals surface area contributed by atoms with Gasteiger partial charge in [-0.3, -0.25) is 0 Å². The van der Waals surface area contributed by atoms with Crippen molar-refractivity contribution in [2.45, 2.75) is 47.0 Å². The molecule has 106 valence electrons. The van der Waals surface area contributed by atoms with Crippen molar-refractivity contribution < 1.29 is 9.53 Å². The van der Waals surface area contributed by atoms with Gasteiger partial charge in [0.25, 0.3) is 0 Å². The fourth-order valence-electron chi connectivity index (χ4n) is 1.89. The second-order valence-electron chi connectivity index (χ2n) is 5.83. The van der Waals surface area contributed by atoms with Crippen LogP contribution in [-0.2, 0) is 5.41 Å². The van der Waals surface area contributed by atoms with E-state index in [9.17, 15) is 4.79 Å². The third kappa shape index (κ3) is 4.27. The number of rotatable bonds is 3. The zero-order valence-corrected chi connectivity index (χ0v) is 12.9. The molecule has 0 spiro atoms. The van der Waals surface area contributed by atoms with Gasteiger partial charge < -0.3 is 9.64 Å². The Hall–Kier alpha value is -1.51. The average Bonchev–Trinajstić information content (AvgIpc) is 2.28. The summed E-state index contributed by atoms with van der Waals surface area (Å²) < 4.78 is 5.46. The second kappa shape index (κ2) is 6.09. The number of ether oxygens (including phenoxy) is 1. The number of nitrogens with zero attached hydrogens (tertiary/aromatic N) is 1. The second-order valence-corrected chi connectivity index (χ2v) is 5.83. The van der Waals surface area contributed by atoms with E-state index in [-0.39, 0.29) is 11.5 Å². The Morgan fingerprint density at radius 2 is 1.74 bits per heavy atom. The first-order valence-corrected chi connectivity index (χ1v) is 6.86. The van der Waals surface area contributed by atoms with Gasteiger partial charge >= 0.3 is 6.09 Å². The maximum absolute atomic E-state index is 12.0. The standard InChI is InChI=1S/C16H25NO2/c1-7-17(8-2)15(18)19-14-10-12(3)9-13(11-14)16(4,5)6/h9-11H,7-8H2,1-6H3. The van der Waals surface area contributed by atoms with Crippen LogP contribution in [0.3, 0.4) is 0 Å². The molecule has 0 heterocycles. The van der Waals surface area contributed by atoms with Crippen LogP contribution in [-0.4, -0.2) is 24.1 Å². The molecule has 0 saturated carbocycles. The van der Waals surface area contributed by atoms with Crippen LogP contribution in [0.15, 0.2) is 18.2 Å². The van der Waals surface area contributed by atoms with Gasteiger partial charge in [0.2, 0.25) is 0 Å².